The average molecular weight is 327 g/mol. The lowest BCUT2D eigenvalue weighted by Crippen LogP contribution is -2.23. The van der Waals surface area contributed by atoms with Crippen molar-refractivity contribution in [2.75, 3.05) is 19.0 Å². The van der Waals surface area contributed by atoms with Crippen LogP contribution in [0.5, 0.6) is 0 Å². The number of hydrogen-bond acceptors (Lipinski definition) is 5. The van der Waals surface area contributed by atoms with E-state index in [1.807, 2.05) is 54.7 Å². The first kappa shape index (κ1) is 15.2. The molecule has 0 bridgehead atoms. The fourth-order valence-corrected chi connectivity index (χ4v) is 2.74. The lowest BCUT2D eigenvalue weighted by Gasteiger charge is -2.13. The molecule has 3 rings (SSSR count). The fourth-order valence-electron chi connectivity index (χ4n) is 2.08. The molecule has 2 aromatic heterocycles. The van der Waals surface area contributed by atoms with Crippen molar-refractivity contribution in [2.45, 2.75) is 6.54 Å². The van der Waals surface area contributed by atoms with Gasteiger partial charge in [-0.1, -0.05) is 12.1 Å². The molecule has 0 spiro atoms. The number of hydrogen-bond donors (Lipinski definition) is 2. The maximum absolute atomic E-state index is 12.2. The van der Waals surface area contributed by atoms with Gasteiger partial charge in [0.2, 0.25) is 0 Å². The van der Waals surface area contributed by atoms with Crippen LogP contribution < -0.4 is 10.2 Å². The van der Waals surface area contributed by atoms with E-state index < -0.39 is 0 Å². The zero-order valence-corrected chi connectivity index (χ0v) is 13.7. The monoisotopic (exact) mass is 327 g/mol. The lowest BCUT2D eigenvalue weighted by molar-refractivity contribution is 0.0950. The van der Waals surface area contributed by atoms with E-state index in [1.165, 1.54) is 0 Å². The second kappa shape index (κ2) is 6.62. The number of thiophene rings is 1. The minimum Gasteiger partial charge on any atom is -0.378 e. The van der Waals surface area contributed by atoms with Crippen LogP contribution in [0.25, 0.3) is 10.7 Å². The number of rotatable bonds is 5. The number of amides is 1. The molecule has 23 heavy (non-hydrogen) atoms. The molecular formula is C16H17N5OS. The van der Waals surface area contributed by atoms with Crippen molar-refractivity contribution in [3.05, 3.63) is 53.2 Å². The van der Waals surface area contributed by atoms with Gasteiger partial charge in [0.15, 0.2) is 5.82 Å². The van der Waals surface area contributed by atoms with Gasteiger partial charge in [-0.3, -0.25) is 9.89 Å². The highest BCUT2D eigenvalue weighted by Gasteiger charge is 2.10. The van der Waals surface area contributed by atoms with Crippen molar-refractivity contribution in [3.8, 4) is 10.7 Å². The number of anilines is 1. The number of aromatic nitrogens is 3. The van der Waals surface area contributed by atoms with Gasteiger partial charge in [0.25, 0.3) is 5.91 Å². The van der Waals surface area contributed by atoms with Crippen LogP contribution in [0.15, 0.2) is 41.8 Å². The first-order valence-corrected chi connectivity index (χ1v) is 8.02. The quantitative estimate of drug-likeness (QED) is 0.755. The van der Waals surface area contributed by atoms with Gasteiger partial charge in [-0.25, -0.2) is 4.98 Å². The fraction of sp³-hybridized carbons (Fsp3) is 0.188. The van der Waals surface area contributed by atoms with Crippen LogP contribution in [-0.4, -0.2) is 35.2 Å². The highest BCUT2D eigenvalue weighted by molar-refractivity contribution is 7.13. The zero-order valence-electron chi connectivity index (χ0n) is 12.9. The Labute approximate surface area is 138 Å². The van der Waals surface area contributed by atoms with Crippen molar-refractivity contribution < 1.29 is 4.79 Å². The summed E-state index contributed by atoms with van der Waals surface area (Å²) in [5.74, 6) is 1.15. The van der Waals surface area contributed by atoms with Crippen LogP contribution in [0.1, 0.15) is 16.2 Å². The molecule has 0 fully saturated rings. The van der Waals surface area contributed by atoms with Crippen molar-refractivity contribution in [2.24, 2.45) is 0 Å². The molecule has 6 nitrogen and oxygen atoms in total. The number of nitrogens with zero attached hydrogens (tertiary/aromatic N) is 3. The molecule has 7 heteroatoms. The lowest BCUT2D eigenvalue weighted by atomic mass is 10.2. The molecule has 0 aliphatic heterocycles. The van der Waals surface area contributed by atoms with Gasteiger partial charge in [0.1, 0.15) is 5.82 Å². The minimum atomic E-state index is -0.136. The molecule has 0 saturated carbocycles. The Morgan fingerprint density at radius 2 is 2.17 bits per heavy atom. The maximum atomic E-state index is 12.2. The van der Waals surface area contributed by atoms with Crippen molar-refractivity contribution in [1.82, 2.24) is 20.5 Å². The highest BCUT2D eigenvalue weighted by Crippen LogP contribution is 2.20. The zero-order chi connectivity index (χ0) is 16.2. The van der Waals surface area contributed by atoms with Gasteiger partial charge in [-0.15, -0.1) is 11.3 Å². The van der Waals surface area contributed by atoms with Gasteiger partial charge in [0, 0.05) is 25.3 Å². The topological polar surface area (TPSA) is 73.9 Å². The summed E-state index contributed by atoms with van der Waals surface area (Å²) in [6, 6.07) is 11.4. The Bertz CT molecular complexity index is 794. The number of H-pyrrole nitrogens is 1. The molecule has 0 atom stereocenters. The third-order valence-corrected chi connectivity index (χ3v) is 4.18. The first-order chi connectivity index (χ1) is 11.1. The van der Waals surface area contributed by atoms with E-state index in [0.29, 0.717) is 23.8 Å². The van der Waals surface area contributed by atoms with Gasteiger partial charge >= 0.3 is 0 Å². The van der Waals surface area contributed by atoms with E-state index in [2.05, 4.69) is 20.5 Å². The van der Waals surface area contributed by atoms with Gasteiger partial charge in [-0.05, 0) is 29.6 Å². The summed E-state index contributed by atoms with van der Waals surface area (Å²) in [6.45, 7) is 0.309. The Kier molecular flexibility index (Phi) is 4.38. The highest BCUT2D eigenvalue weighted by atomic mass is 32.1. The van der Waals surface area contributed by atoms with E-state index in [-0.39, 0.29) is 5.91 Å². The standard InChI is InChI=1S/C16H17N5OS/c1-21(2)12-6-3-5-11(9-12)16(22)17-10-14-18-15(20-19-14)13-7-4-8-23-13/h3-9H,10H2,1-2H3,(H,17,22)(H,18,19,20). The van der Waals surface area contributed by atoms with Crippen molar-refractivity contribution in [3.63, 3.8) is 0 Å². The van der Waals surface area contributed by atoms with Crippen LogP contribution in [0.2, 0.25) is 0 Å². The Morgan fingerprint density at radius 1 is 1.30 bits per heavy atom. The van der Waals surface area contributed by atoms with Crippen molar-refractivity contribution >= 4 is 22.9 Å². The van der Waals surface area contributed by atoms with Gasteiger partial charge in [-0.2, -0.15) is 5.10 Å². The summed E-state index contributed by atoms with van der Waals surface area (Å²) in [5.41, 5.74) is 1.60. The Morgan fingerprint density at radius 3 is 2.91 bits per heavy atom. The Balaban J connectivity index is 1.64. The van der Waals surface area contributed by atoms with E-state index >= 15 is 0 Å². The van der Waals surface area contributed by atoms with Crippen LogP contribution in [-0.2, 0) is 6.54 Å². The first-order valence-electron chi connectivity index (χ1n) is 7.14. The van der Waals surface area contributed by atoms with E-state index in [1.54, 1.807) is 17.4 Å². The summed E-state index contributed by atoms with van der Waals surface area (Å²) in [6.07, 6.45) is 0. The van der Waals surface area contributed by atoms with Crippen LogP contribution in [0.3, 0.4) is 0 Å². The summed E-state index contributed by atoms with van der Waals surface area (Å²) in [7, 11) is 3.88. The van der Waals surface area contributed by atoms with Crippen molar-refractivity contribution in [1.29, 1.82) is 0 Å². The summed E-state index contributed by atoms with van der Waals surface area (Å²) in [4.78, 5) is 19.6. The third kappa shape index (κ3) is 3.57. The summed E-state index contributed by atoms with van der Waals surface area (Å²) < 4.78 is 0. The third-order valence-electron chi connectivity index (χ3n) is 3.31. The summed E-state index contributed by atoms with van der Waals surface area (Å²) in [5, 5.41) is 11.8. The van der Waals surface area contributed by atoms with Crippen LogP contribution in [0, 0.1) is 0 Å². The molecule has 118 valence electrons. The smallest absolute Gasteiger partial charge is 0.251 e. The molecule has 0 aliphatic rings. The SMILES string of the molecule is CN(C)c1cccc(C(=O)NCc2nc(-c3cccs3)n[nH]2)c1. The second-order valence-corrected chi connectivity index (χ2v) is 6.16. The van der Waals surface area contributed by atoms with Crippen LogP contribution in [0.4, 0.5) is 5.69 Å². The van der Waals surface area contributed by atoms with E-state index in [0.717, 1.165) is 10.6 Å². The predicted octanol–water partition coefficient (Wildman–Crippen LogP) is 2.53. The molecule has 2 heterocycles. The molecular weight excluding hydrogens is 310 g/mol. The Hall–Kier alpha value is -2.67. The molecule has 0 radical (unpaired) electrons. The maximum Gasteiger partial charge on any atom is 0.251 e. The predicted molar refractivity (Wildman–Crippen MR) is 91.6 cm³/mol. The average Bonchev–Trinajstić information content (AvgIpc) is 3.23. The van der Waals surface area contributed by atoms with E-state index in [9.17, 15) is 4.79 Å². The van der Waals surface area contributed by atoms with E-state index in [4.69, 9.17) is 0 Å². The number of carbonyl (C=O) groups excluding carboxylic acids is 1. The largest absolute Gasteiger partial charge is 0.378 e. The molecule has 1 aromatic carbocycles. The molecule has 0 saturated heterocycles. The molecule has 1 amide bonds. The normalized spacial score (nSPS) is 10.5. The number of benzene rings is 1. The van der Waals surface area contributed by atoms with Gasteiger partial charge < -0.3 is 10.2 Å². The minimum absolute atomic E-state index is 0.136. The number of nitrogens with one attached hydrogen (secondary N) is 2. The van der Waals surface area contributed by atoms with Gasteiger partial charge in [0.05, 0.1) is 11.4 Å². The molecule has 3 aromatic rings. The molecule has 0 aliphatic carbocycles. The number of aromatic amines is 1. The molecule has 0 unspecified atom stereocenters. The second-order valence-electron chi connectivity index (χ2n) is 5.21. The van der Waals surface area contributed by atoms with Crippen LogP contribution >= 0.6 is 11.3 Å². The summed E-state index contributed by atoms with van der Waals surface area (Å²) >= 11 is 1.58. The molecule has 2 N–H and O–H groups in total. The number of carbonyl (C=O) groups is 1.